The summed E-state index contributed by atoms with van der Waals surface area (Å²) in [5.74, 6) is 0. The minimum absolute atomic E-state index is 0.361. The second-order valence-corrected chi connectivity index (χ2v) is 3.68. The average molecular weight is 222 g/mol. The van der Waals surface area contributed by atoms with Gasteiger partial charge in [-0.15, -0.1) is 0 Å². The summed E-state index contributed by atoms with van der Waals surface area (Å²) in [5, 5.41) is 4.91. The Balaban J connectivity index is 2.58. The maximum absolute atomic E-state index is 6.20. The fraction of sp³-hybridized carbons (Fsp3) is 0.182. The summed E-state index contributed by atoms with van der Waals surface area (Å²) in [6, 6.07) is 9.92. The predicted molar refractivity (Wildman–Crippen MR) is 61.5 cm³/mol. The second-order valence-electron chi connectivity index (χ2n) is 3.30. The van der Waals surface area contributed by atoms with Crippen LogP contribution in [-0.2, 0) is 13.6 Å². The summed E-state index contributed by atoms with van der Waals surface area (Å²) in [6.45, 7) is 0.361. The molecule has 0 saturated heterocycles. The van der Waals surface area contributed by atoms with Crippen LogP contribution < -0.4 is 5.73 Å². The van der Waals surface area contributed by atoms with Gasteiger partial charge in [0, 0.05) is 19.2 Å². The van der Waals surface area contributed by atoms with Gasteiger partial charge in [0.25, 0.3) is 0 Å². The van der Waals surface area contributed by atoms with Gasteiger partial charge in [0.05, 0.1) is 16.4 Å². The van der Waals surface area contributed by atoms with Crippen LogP contribution in [0.15, 0.2) is 30.3 Å². The first-order chi connectivity index (χ1) is 7.24. The first-order valence-corrected chi connectivity index (χ1v) is 5.08. The van der Waals surface area contributed by atoms with Crippen LogP contribution in [0.1, 0.15) is 5.69 Å². The van der Waals surface area contributed by atoms with E-state index in [1.54, 1.807) is 4.68 Å². The van der Waals surface area contributed by atoms with Crippen LogP contribution in [0.4, 0.5) is 0 Å². The SMILES string of the molecule is Cn1nc(CN)c(Cl)c1-c1ccccc1. The summed E-state index contributed by atoms with van der Waals surface area (Å²) in [4.78, 5) is 0. The van der Waals surface area contributed by atoms with Crippen molar-refractivity contribution in [1.29, 1.82) is 0 Å². The molecule has 0 atom stereocenters. The lowest BCUT2D eigenvalue weighted by molar-refractivity contribution is 0.749. The molecule has 0 aliphatic carbocycles. The highest BCUT2D eigenvalue weighted by molar-refractivity contribution is 6.33. The first-order valence-electron chi connectivity index (χ1n) is 4.71. The summed E-state index contributed by atoms with van der Waals surface area (Å²) in [6.07, 6.45) is 0. The topological polar surface area (TPSA) is 43.8 Å². The van der Waals surface area contributed by atoms with Crippen LogP contribution in [-0.4, -0.2) is 9.78 Å². The van der Waals surface area contributed by atoms with Crippen molar-refractivity contribution in [2.24, 2.45) is 12.8 Å². The molecule has 1 heterocycles. The zero-order valence-corrected chi connectivity index (χ0v) is 9.20. The number of halogens is 1. The summed E-state index contributed by atoms with van der Waals surface area (Å²) >= 11 is 6.20. The van der Waals surface area contributed by atoms with E-state index in [2.05, 4.69) is 5.10 Å². The number of aromatic nitrogens is 2. The van der Waals surface area contributed by atoms with E-state index in [0.29, 0.717) is 11.6 Å². The third-order valence-corrected chi connectivity index (χ3v) is 2.69. The van der Waals surface area contributed by atoms with Crippen molar-refractivity contribution < 1.29 is 0 Å². The average Bonchev–Trinajstić information content (AvgIpc) is 2.55. The van der Waals surface area contributed by atoms with Gasteiger partial charge in [0.15, 0.2) is 0 Å². The van der Waals surface area contributed by atoms with Crippen LogP contribution in [0.5, 0.6) is 0 Å². The lowest BCUT2D eigenvalue weighted by Gasteiger charge is -2.01. The molecule has 2 aromatic rings. The summed E-state index contributed by atoms with van der Waals surface area (Å²) in [7, 11) is 1.87. The number of nitrogens with zero attached hydrogens (tertiary/aromatic N) is 2. The molecular weight excluding hydrogens is 210 g/mol. The molecule has 0 aliphatic heterocycles. The van der Waals surface area contributed by atoms with E-state index in [-0.39, 0.29) is 0 Å². The highest BCUT2D eigenvalue weighted by Gasteiger charge is 2.13. The maximum atomic E-state index is 6.20. The fourth-order valence-electron chi connectivity index (χ4n) is 1.59. The van der Waals surface area contributed by atoms with Gasteiger partial charge in [-0.1, -0.05) is 41.9 Å². The van der Waals surface area contributed by atoms with Gasteiger partial charge in [0.2, 0.25) is 0 Å². The Kier molecular flexibility index (Phi) is 2.75. The van der Waals surface area contributed by atoms with Gasteiger partial charge in [-0.25, -0.2) is 0 Å². The Labute approximate surface area is 93.5 Å². The van der Waals surface area contributed by atoms with E-state index in [9.17, 15) is 0 Å². The van der Waals surface area contributed by atoms with Gasteiger partial charge in [0.1, 0.15) is 0 Å². The van der Waals surface area contributed by atoms with Crippen LogP contribution in [0.3, 0.4) is 0 Å². The predicted octanol–water partition coefficient (Wildman–Crippen LogP) is 2.20. The van der Waals surface area contributed by atoms with Crippen molar-refractivity contribution in [2.75, 3.05) is 0 Å². The van der Waals surface area contributed by atoms with E-state index in [1.165, 1.54) is 0 Å². The Bertz CT molecular complexity index is 462. The van der Waals surface area contributed by atoms with Crippen LogP contribution in [0.2, 0.25) is 5.02 Å². The molecule has 0 bridgehead atoms. The third-order valence-electron chi connectivity index (χ3n) is 2.30. The van der Waals surface area contributed by atoms with Crippen molar-refractivity contribution >= 4 is 11.6 Å². The van der Waals surface area contributed by atoms with Gasteiger partial charge in [-0.2, -0.15) is 5.10 Å². The van der Waals surface area contributed by atoms with Crippen LogP contribution >= 0.6 is 11.6 Å². The molecule has 0 aliphatic rings. The molecule has 2 N–H and O–H groups in total. The molecule has 78 valence electrons. The van der Waals surface area contributed by atoms with Gasteiger partial charge in [-0.05, 0) is 0 Å². The van der Waals surface area contributed by atoms with E-state index >= 15 is 0 Å². The van der Waals surface area contributed by atoms with Gasteiger partial charge >= 0.3 is 0 Å². The highest BCUT2D eigenvalue weighted by Crippen LogP contribution is 2.29. The quantitative estimate of drug-likeness (QED) is 0.845. The number of hydrogen-bond donors (Lipinski definition) is 1. The number of hydrogen-bond acceptors (Lipinski definition) is 2. The molecule has 0 amide bonds. The number of rotatable bonds is 2. The molecular formula is C11H12ClN3. The fourth-order valence-corrected chi connectivity index (χ4v) is 1.94. The van der Waals surface area contributed by atoms with Crippen molar-refractivity contribution in [3.63, 3.8) is 0 Å². The monoisotopic (exact) mass is 221 g/mol. The molecule has 0 radical (unpaired) electrons. The van der Waals surface area contributed by atoms with Crippen molar-refractivity contribution in [3.8, 4) is 11.3 Å². The zero-order chi connectivity index (χ0) is 10.8. The van der Waals surface area contributed by atoms with Crippen molar-refractivity contribution in [1.82, 2.24) is 9.78 Å². The largest absolute Gasteiger partial charge is 0.325 e. The number of benzene rings is 1. The summed E-state index contributed by atoms with van der Waals surface area (Å²) in [5.41, 5.74) is 8.25. The molecule has 3 nitrogen and oxygen atoms in total. The maximum Gasteiger partial charge on any atom is 0.0953 e. The molecule has 0 fully saturated rings. The molecule has 0 unspecified atom stereocenters. The standard InChI is InChI=1S/C11H12ClN3/c1-15-11(8-5-3-2-4-6-8)10(12)9(7-13)14-15/h2-6H,7,13H2,1H3. The van der Waals surface area contributed by atoms with Gasteiger partial charge in [-0.3, -0.25) is 4.68 Å². The smallest absolute Gasteiger partial charge is 0.0953 e. The zero-order valence-electron chi connectivity index (χ0n) is 8.44. The Morgan fingerprint density at radius 1 is 1.33 bits per heavy atom. The Morgan fingerprint density at radius 3 is 2.53 bits per heavy atom. The van der Waals surface area contributed by atoms with E-state index < -0.39 is 0 Å². The normalized spacial score (nSPS) is 10.6. The minimum atomic E-state index is 0.361. The van der Waals surface area contributed by atoms with Crippen LogP contribution in [0.25, 0.3) is 11.3 Å². The first kappa shape index (κ1) is 10.2. The minimum Gasteiger partial charge on any atom is -0.325 e. The lowest BCUT2D eigenvalue weighted by Crippen LogP contribution is -1.99. The molecule has 1 aromatic heterocycles. The highest BCUT2D eigenvalue weighted by atomic mass is 35.5. The lowest BCUT2D eigenvalue weighted by atomic mass is 10.1. The number of aryl methyl sites for hydroxylation is 1. The second kappa shape index (κ2) is 4.04. The van der Waals surface area contributed by atoms with E-state index in [1.807, 2.05) is 37.4 Å². The molecule has 15 heavy (non-hydrogen) atoms. The molecule has 0 saturated carbocycles. The molecule has 1 aromatic carbocycles. The van der Waals surface area contributed by atoms with Crippen molar-refractivity contribution in [3.05, 3.63) is 41.0 Å². The molecule has 4 heteroatoms. The molecule has 0 spiro atoms. The number of nitrogens with two attached hydrogens (primary N) is 1. The van der Waals surface area contributed by atoms with Crippen LogP contribution in [0, 0.1) is 0 Å². The van der Waals surface area contributed by atoms with E-state index in [4.69, 9.17) is 17.3 Å². The third kappa shape index (κ3) is 1.76. The van der Waals surface area contributed by atoms with Crippen molar-refractivity contribution in [2.45, 2.75) is 6.54 Å². The summed E-state index contributed by atoms with van der Waals surface area (Å²) < 4.78 is 1.76. The molecule has 2 rings (SSSR count). The van der Waals surface area contributed by atoms with Gasteiger partial charge < -0.3 is 5.73 Å². The Hall–Kier alpha value is -1.32. The Morgan fingerprint density at radius 2 is 2.00 bits per heavy atom. The van der Waals surface area contributed by atoms with E-state index in [0.717, 1.165) is 17.0 Å².